The molecule has 2 aromatic heterocycles. The van der Waals surface area contributed by atoms with Crippen molar-refractivity contribution in [3.63, 3.8) is 0 Å². The Morgan fingerprint density at radius 1 is 1.15 bits per heavy atom. The minimum absolute atomic E-state index is 0.0522. The summed E-state index contributed by atoms with van der Waals surface area (Å²) in [4.78, 5) is 25.1. The topological polar surface area (TPSA) is 95.3 Å². The van der Waals surface area contributed by atoms with Crippen molar-refractivity contribution in [3.8, 4) is 16.9 Å². The Bertz CT molecular complexity index is 1940. The van der Waals surface area contributed by atoms with Crippen LogP contribution in [0.2, 0.25) is 0 Å². The van der Waals surface area contributed by atoms with Crippen LogP contribution in [0.4, 0.5) is 4.39 Å². The molecule has 1 amide bonds. The van der Waals surface area contributed by atoms with Crippen molar-refractivity contribution in [2.24, 2.45) is 5.92 Å². The Balaban J connectivity index is 1.29. The van der Waals surface area contributed by atoms with Gasteiger partial charge in [0.05, 0.1) is 26.0 Å². The van der Waals surface area contributed by atoms with Crippen LogP contribution in [0.15, 0.2) is 48.7 Å². The minimum atomic E-state index is -1.41. The number of ether oxygens (including phenoxy) is 1. The van der Waals surface area contributed by atoms with E-state index in [0.717, 1.165) is 28.0 Å². The van der Waals surface area contributed by atoms with Crippen LogP contribution in [0.25, 0.3) is 22.2 Å². The van der Waals surface area contributed by atoms with E-state index >= 15 is 4.39 Å². The number of imidazole rings is 1. The van der Waals surface area contributed by atoms with Gasteiger partial charge in [-0.25, -0.2) is 9.37 Å². The molecule has 254 valence electrons. The predicted molar refractivity (Wildman–Crippen MR) is 212 cm³/mol. The third-order valence-electron chi connectivity index (χ3n) is 9.74. The van der Waals surface area contributed by atoms with Gasteiger partial charge < -0.3 is 18.8 Å². The molecule has 0 spiro atoms. The van der Waals surface area contributed by atoms with Gasteiger partial charge >= 0.3 is 0 Å². The molecular formula is C33H39FIN5O3P4S. The molecule has 3 aliphatic rings. The Morgan fingerprint density at radius 3 is 2.52 bits per heavy atom. The lowest BCUT2D eigenvalue weighted by Gasteiger charge is -2.51. The first-order valence-electron chi connectivity index (χ1n) is 15.7. The molecule has 0 saturated heterocycles. The molecule has 7 rings (SSSR count). The minimum Gasteiger partial charge on any atom is -0.598 e. The molecular weight excluding hydrogens is 816 g/mol. The first-order chi connectivity index (χ1) is 22.5. The summed E-state index contributed by atoms with van der Waals surface area (Å²) in [6.07, 6.45) is 3.62. The van der Waals surface area contributed by atoms with E-state index in [4.69, 9.17) is 14.7 Å². The highest BCUT2D eigenvalue weighted by Crippen LogP contribution is 2.58. The van der Waals surface area contributed by atoms with Gasteiger partial charge in [-0.15, -0.1) is 23.2 Å². The highest BCUT2D eigenvalue weighted by molar-refractivity contribution is 14.1. The van der Waals surface area contributed by atoms with E-state index in [1.54, 1.807) is 11.1 Å². The third-order valence-corrected chi connectivity index (χ3v) is 13.5. The summed E-state index contributed by atoms with van der Waals surface area (Å²) in [5, 5.41) is 0. The van der Waals surface area contributed by atoms with Crippen LogP contribution < -0.4 is 9.46 Å². The summed E-state index contributed by atoms with van der Waals surface area (Å²) in [7, 11) is 12.8. The van der Waals surface area contributed by atoms with Gasteiger partial charge in [0.1, 0.15) is 39.0 Å². The normalized spacial score (nSPS) is 24.4. The van der Waals surface area contributed by atoms with E-state index in [1.807, 2.05) is 64.2 Å². The molecule has 2 aliphatic heterocycles. The summed E-state index contributed by atoms with van der Waals surface area (Å²) in [5.41, 5.74) is 3.87. The molecule has 2 bridgehead atoms. The summed E-state index contributed by atoms with van der Waals surface area (Å²) in [6, 6.07) is 12.7. The summed E-state index contributed by atoms with van der Waals surface area (Å²) in [5.74, 6) is 1.27. The Kier molecular flexibility index (Phi) is 9.28. The summed E-state index contributed by atoms with van der Waals surface area (Å²) >= 11 is 0.967. The van der Waals surface area contributed by atoms with Crippen LogP contribution in [-0.4, -0.2) is 50.2 Å². The number of rotatable bonds is 7. The van der Waals surface area contributed by atoms with Crippen molar-refractivity contribution in [2.45, 2.75) is 70.9 Å². The third kappa shape index (κ3) is 6.04. The van der Waals surface area contributed by atoms with E-state index in [-0.39, 0.29) is 32.4 Å². The number of nitrogens with zero attached hydrogens (tertiary/aromatic N) is 4. The first-order valence-corrected chi connectivity index (χ1v) is 20.4. The lowest BCUT2D eigenvalue weighted by molar-refractivity contribution is 0.0734. The Morgan fingerprint density at radius 2 is 1.88 bits per heavy atom. The van der Waals surface area contributed by atoms with Gasteiger partial charge in [-0.05, 0) is 75.4 Å². The van der Waals surface area contributed by atoms with Gasteiger partial charge in [-0.2, -0.15) is 0 Å². The second-order valence-corrected chi connectivity index (χ2v) is 24.9. The van der Waals surface area contributed by atoms with Crippen molar-refractivity contribution in [1.29, 1.82) is 0 Å². The van der Waals surface area contributed by atoms with Crippen LogP contribution in [0, 0.1) is 11.7 Å². The zero-order valence-corrected chi connectivity index (χ0v) is 34.6. The average molecular weight is 856 g/mol. The van der Waals surface area contributed by atoms with Gasteiger partial charge in [-0.3, -0.25) is 9.78 Å². The second-order valence-electron chi connectivity index (χ2n) is 14.1. The standard InChI is InChI=1S/C33H39FIN5O3P4S/c1-31(2,3)48(42)38-32(13-18(14-32)33(35,46)47)27-20(34)10-17(15-36-27)16-8-9-21-22(11-16)40-23-12-24(28(40)37-21)39(4)29(41)19-6-5-7-25(26(19)23)43-30(44)45/h5-11,15,18,23-24,30,38H,12-14,44-47H2,1-4H3/t18?,23-,24+,32?,48?/m1/s1. The highest BCUT2D eigenvalue weighted by Gasteiger charge is 2.56. The molecule has 1 aliphatic carbocycles. The number of aromatic nitrogens is 3. The maximum absolute atomic E-state index is 16.2. The number of benzene rings is 2. The highest BCUT2D eigenvalue weighted by atomic mass is 127. The maximum atomic E-state index is 16.2. The fraction of sp³-hybridized carbons (Fsp3) is 0.424. The zero-order valence-electron chi connectivity index (χ0n) is 27.0. The van der Waals surface area contributed by atoms with E-state index in [0.29, 0.717) is 41.8 Å². The SMILES string of the molecule is CN1C(=O)c2cccc(OC(P)P)c2[C@H]2C[C@H]1c1nc3ccc(-c4cnc(C5(N[S+]([O-])C(C)(C)C)CC(C(P)(P)I)C5)c(F)c4)cc3n12. The molecule has 2 aromatic carbocycles. The molecule has 1 N–H and O–H groups in total. The second kappa shape index (κ2) is 12.6. The molecule has 15 heteroatoms. The molecule has 4 heterocycles. The smallest absolute Gasteiger partial charge is 0.254 e. The van der Waals surface area contributed by atoms with Crippen LogP contribution in [-0.2, 0) is 16.9 Å². The van der Waals surface area contributed by atoms with Crippen molar-refractivity contribution >= 4 is 87.9 Å². The Hall–Kier alpha value is -1.02. The van der Waals surface area contributed by atoms with Crippen LogP contribution in [0.1, 0.15) is 79.6 Å². The number of carbonyl (C=O) groups is 1. The molecule has 1 saturated carbocycles. The number of fused-ring (bicyclic) bond motifs is 9. The Labute approximate surface area is 306 Å². The molecule has 48 heavy (non-hydrogen) atoms. The first kappa shape index (κ1) is 35.4. The van der Waals surface area contributed by atoms with Crippen molar-refractivity contribution < 1.29 is 18.5 Å². The van der Waals surface area contributed by atoms with Gasteiger partial charge in [0, 0.05) is 47.7 Å². The monoisotopic (exact) mass is 855 g/mol. The van der Waals surface area contributed by atoms with Crippen LogP contribution in [0.3, 0.4) is 0 Å². The average Bonchev–Trinajstić information content (AvgIpc) is 3.50. The van der Waals surface area contributed by atoms with Gasteiger partial charge in [0.15, 0.2) is 0 Å². The fourth-order valence-electron chi connectivity index (χ4n) is 7.21. The fourth-order valence-corrected chi connectivity index (χ4v) is 9.34. The predicted octanol–water partition coefficient (Wildman–Crippen LogP) is 7.27. The van der Waals surface area contributed by atoms with E-state index in [2.05, 4.69) is 68.8 Å². The number of halogens is 2. The summed E-state index contributed by atoms with van der Waals surface area (Å²) in [6.45, 7) is 5.72. The number of alkyl halides is 1. The number of carbonyl (C=O) groups excluding carboxylic acids is 1. The van der Waals surface area contributed by atoms with Gasteiger partial charge in [0.25, 0.3) is 5.91 Å². The van der Waals surface area contributed by atoms with Crippen molar-refractivity contribution in [3.05, 3.63) is 77.1 Å². The van der Waals surface area contributed by atoms with Crippen LogP contribution >= 0.6 is 59.6 Å². The largest absolute Gasteiger partial charge is 0.598 e. The lowest BCUT2D eigenvalue weighted by Crippen LogP contribution is -2.60. The molecule has 7 atom stereocenters. The molecule has 8 nitrogen and oxygen atoms in total. The number of amides is 1. The van der Waals surface area contributed by atoms with E-state index < -0.39 is 27.5 Å². The number of hydrogen-bond donors (Lipinski definition) is 1. The number of nitrogens with one attached hydrogen (secondary N) is 1. The number of hydrogen-bond acceptors (Lipinski definition) is 6. The zero-order chi connectivity index (χ0) is 34.5. The van der Waals surface area contributed by atoms with Gasteiger partial charge in [0.2, 0.25) is 0 Å². The van der Waals surface area contributed by atoms with E-state index in [9.17, 15) is 9.35 Å². The van der Waals surface area contributed by atoms with E-state index in [1.165, 1.54) is 6.07 Å². The lowest BCUT2D eigenvalue weighted by atomic mass is 9.67. The molecule has 1 fully saturated rings. The summed E-state index contributed by atoms with van der Waals surface area (Å²) < 4.78 is 40.5. The van der Waals surface area contributed by atoms with Crippen molar-refractivity contribution in [2.75, 3.05) is 7.05 Å². The molecule has 5 unspecified atom stereocenters. The molecule has 0 radical (unpaired) electrons. The quantitative estimate of drug-likeness (QED) is 0.0911. The molecule has 4 aromatic rings. The van der Waals surface area contributed by atoms with Crippen LogP contribution in [0.5, 0.6) is 5.75 Å². The number of pyridine rings is 1. The maximum Gasteiger partial charge on any atom is 0.254 e. The van der Waals surface area contributed by atoms with Gasteiger partial charge in [-0.1, -0.05) is 53.2 Å². The van der Waals surface area contributed by atoms with Crippen molar-refractivity contribution in [1.82, 2.24) is 24.2 Å².